The smallest absolute Gasteiger partial charge is 0.124 e. The van der Waals surface area contributed by atoms with E-state index in [4.69, 9.17) is 0 Å². The quantitative estimate of drug-likeness (QED) is 0.374. The van der Waals surface area contributed by atoms with Crippen LogP contribution in [0.1, 0.15) is 0 Å². The van der Waals surface area contributed by atoms with Crippen molar-refractivity contribution in [2.24, 2.45) is 0 Å². The Hall–Kier alpha value is -3.06. The SMILES string of the molecule is O=S1c2ccc(-c3ccc(-c4ccccc4)cc3)cc2-c2cc(S(=O)(=O)[O-])ccc21. The lowest BCUT2D eigenvalue weighted by molar-refractivity contribution is 0.463. The van der Waals surface area contributed by atoms with Crippen molar-refractivity contribution in [3.8, 4) is 33.4 Å². The fourth-order valence-electron chi connectivity index (χ4n) is 3.72. The molecule has 1 unspecified atom stereocenters. The van der Waals surface area contributed by atoms with E-state index in [9.17, 15) is 17.2 Å². The van der Waals surface area contributed by atoms with Crippen LogP contribution >= 0.6 is 0 Å². The van der Waals surface area contributed by atoms with Crippen LogP contribution in [0.15, 0.2) is 106 Å². The molecule has 0 aliphatic carbocycles. The highest BCUT2D eigenvalue weighted by Gasteiger charge is 2.26. The molecule has 0 saturated carbocycles. The van der Waals surface area contributed by atoms with E-state index in [0.717, 1.165) is 22.3 Å². The van der Waals surface area contributed by atoms with Crippen LogP contribution in [0.2, 0.25) is 0 Å². The largest absolute Gasteiger partial charge is 0.744 e. The third-order valence-electron chi connectivity index (χ3n) is 5.23. The number of hydrogen-bond donors (Lipinski definition) is 0. The summed E-state index contributed by atoms with van der Waals surface area (Å²) >= 11 is 0. The van der Waals surface area contributed by atoms with E-state index < -0.39 is 20.9 Å². The van der Waals surface area contributed by atoms with Crippen LogP contribution in [0.4, 0.5) is 0 Å². The van der Waals surface area contributed by atoms with Crippen molar-refractivity contribution in [1.29, 1.82) is 0 Å². The summed E-state index contributed by atoms with van der Waals surface area (Å²) in [6.45, 7) is 0. The molecule has 4 aromatic carbocycles. The first-order chi connectivity index (χ1) is 14.4. The Morgan fingerprint density at radius 1 is 0.600 bits per heavy atom. The molecule has 1 atom stereocenters. The molecule has 0 bridgehead atoms. The summed E-state index contributed by atoms with van der Waals surface area (Å²) in [6, 6.07) is 27.8. The molecule has 0 spiro atoms. The fourth-order valence-corrected chi connectivity index (χ4v) is 5.58. The molecule has 5 rings (SSSR count). The number of rotatable bonds is 3. The molecule has 148 valence electrons. The van der Waals surface area contributed by atoms with E-state index in [2.05, 4.69) is 12.1 Å². The molecular weight excluding hydrogens is 416 g/mol. The standard InChI is InChI=1S/C24H16O4S2/c25-29-23-12-10-19(18-8-6-17(7-9-18)16-4-2-1-3-5-16)14-21(23)22-15-20(30(26,27)28)11-13-24(22)29/h1-15H,(H,26,27,28)/p-1. The van der Waals surface area contributed by atoms with Gasteiger partial charge in [-0.15, -0.1) is 0 Å². The van der Waals surface area contributed by atoms with Gasteiger partial charge in [0.05, 0.1) is 25.5 Å². The molecule has 1 heterocycles. The second-order valence-electron chi connectivity index (χ2n) is 7.04. The molecule has 30 heavy (non-hydrogen) atoms. The van der Waals surface area contributed by atoms with Crippen molar-refractivity contribution in [2.45, 2.75) is 14.7 Å². The highest BCUT2D eigenvalue weighted by Crippen LogP contribution is 2.43. The Labute approximate surface area is 177 Å². The zero-order chi connectivity index (χ0) is 20.9. The van der Waals surface area contributed by atoms with Crippen LogP contribution < -0.4 is 0 Å². The maximum absolute atomic E-state index is 12.8. The van der Waals surface area contributed by atoms with Gasteiger partial charge in [0.15, 0.2) is 0 Å². The van der Waals surface area contributed by atoms with Crippen LogP contribution in [-0.2, 0) is 20.9 Å². The van der Waals surface area contributed by atoms with Crippen LogP contribution in [0.5, 0.6) is 0 Å². The van der Waals surface area contributed by atoms with Gasteiger partial charge in [-0.25, -0.2) is 12.6 Å². The Morgan fingerprint density at radius 2 is 1.10 bits per heavy atom. The molecule has 0 aromatic heterocycles. The maximum Gasteiger partial charge on any atom is 0.124 e. The molecule has 0 fully saturated rings. The minimum atomic E-state index is -4.59. The fraction of sp³-hybridized carbons (Fsp3) is 0. The van der Waals surface area contributed by atoms with Gasteiger partial charge in [0.1, 0.15) is 10.1 Å². The van der Waals surface area contributed by atoms with Gasteiger partial charge in [-0.2, -0.15) is 0 Å². The molecule has 1 aliphatic heterocycles. The predicted octanol–water partition coefficient (Wildman–Crippen LogP) is 5.07. The highest BCUT2D eigenvalue weighted by atomic mass is 32.2. The Balaban J connectivity index is 1.58. The maximum atomic E-state index is 12.8. The van der Waals surface area contributed by atoms with E-state index >= 15 is 0 Å². The normalized spacial score (nSPS) is 14.9. The van der Waals surface area contributed by atoms with E-state index in [-0.39, 0.29) is 4.90 Å². The Kier molecular flexibility index (Phi) is 4.43. The molecule has 6 heteroatoms. The molecule has 4 nitrogen and oxygen atoms in total. The summed E-state index contributed by atoms with van der Waals surface area (Å²) in [5.74, 6) is 0. The van der Waals surface area contributed by atoms with Crippen molar-refractivity contribution in [3.05, 3.63) is 91.0 Å². The van der Waals surface area contributed by atoms with Crippen molar-refractivity contribution < 1.29 is 17.2 Å². The molecule has 0 radical (unpaired) electrons. The second kappa shape index (κ2) is 7.02. The number of benzene rings is 4. The zero-order valence-electron chi connectivity index (χ0n) is 15.6. The summed E-state index contributed by atoms with van der Waals surface area (Å²) in [5, 5.41) is 0. The van der Waals surface area contributed by atoms with Gasteiger partial charge in [-0.05, 0) is 52.6 Å². The minimum Gasteiger partial charge on any atom is -0.744 e. The van der Waals surface area contributed by atoms with Gasteiger partial charge in [-0.3, -0.25) is 0 Å². The summed E-state index contributed by atoms with van der Waals surface area (Å²) in [4.78, 5) is 0.827. The van der Waals surface area contributed by atoms with Gasteiger partial charge < -0.3 is 4.55 Å². The molecule has 1 aliphatic rings. The molecular formula is C24H15O4S2-. The molecule has 0 amide bonds. The highest BCUT2D eigenvalue weighted by molar-refractivity contribution is 7.86. The van der Waals surface area contributed by atoms with Gasteiger partial charge >= 0.3 is 0 Å². The first kappa shape index (κ1) is 18.9. The van der Waals surface area contributed by atoms with Crippen LogP contribution in [-0.4, -0.2) is 17.2 Å². The molecule has 0 saturated heterocycles. The predicted molar refractivity (Wildman–Crippen MR) is 115 cm³/mol. The second-order valence-corrected chi connectivity index (χ2v) is 9.83. The molecule has 4 aromatic rings. The van der Waals surface area contributed by atoms with E-state index in [0.29, 0.717) is 20.9 Å². The average molecular weight is 432 g/mol. The lowest BCUT2D eigenvalue weighted by Crippen LogP contribution is -1.98. The summed E-state index contributed by atoms with van der Waals surface area (Å²) < 4.78 is 47.1. The third kappa shape index (κ3) is 3.19. The van der Waals surface area contributed by atoms with E-state index in [1.165, 1.54) is 18.2 Å². The van der Waals surface area contributed by atoms with Gasteiger partial charge in [0, 0.05) is 11.1 Å². The summed E-state index contributed by atoms with van der Waals surface area (Å²) in [6.07, 6.45) is 0. The monoisotopic (exact) mass is 431 g/mol. The number of hydrogen-bond acceptors (Lipinski definition) is 4. The van der Waals surface area contributed by atoms with Crippen molar-refractivity contribution >= 4 is 20.9 Å². The minimum absolute atomic E-state index is 0.316. The van der Waals surface area contributed by atoms with E-state index in [1.807, 2.05) is 54.6 Å². The van der Waals surface area contributed by atoms with Crippen LogP contribution in [0.25, 0.3) is 33.4 Å². The van der Waals surface area contributed by atoms with Crippen molar-refractivity contribution in [2.75, 3.05) is 0 Å². The summed E-state index contributed by atoms with van der Waals surface area (Å²) in [5.41, 5.74) is 5.38. The zero-order valence-corrected chi connectivity index (χ0v) is 17.2. The third-order valence-corrected chi connectivity index (χ3v) is 7.58. The Morgan fingerprint density at radius 3 is 1.73 bits per heavy atom. The molecule has 0 N–H and O–H groups in total. The van der Waals surface area contributed by atoms with Gasteiger partial charge in [0.25, 0.3) is 0 Å². The van der Waals surface area contributed by atoms with Crippen molar-refractivity contribution in [1.82, 2.24) is 0 Å². The van der Waals surface area contributed by atoms with E-state index in [1.54, 1.807) is 6.07 Å². The lowest BCUT2D eigenvalue weighted by atomic mass is 9.97. The van der Waals surface area contributed by atoms with Gasteiger partial charge in [0.2, 0.25) is 0 Å². The van der Waals surface area contributed by atoms with Gasteiger partial charge in [-0.1, -0.05) is 60.7 Å². The van der Waals surface area contributed by atoms with Crippen molar-refractivity contribution in [3.63, 3.8) is 0 Å². The van der Waals surface area contributed by atoms with Crippen LogP contribution in [0.3, 0.4) is 0 Å². The first-order valence-corrected chi connectivity index (χ1v) is 11.8. The summed E-state index contributed by atoms with van der Waals surface area (Å²) in [7, 11) is -5.98. The first-order valence-electron chi connectivity index (χ1n) is 9.24. The topological polar surface area (TPSA) is 74.3 Å². The lowest BCUT2D eigenvalue weighted by Gasteiger charge is -2.09. The van der Waals surface area contributed by atoms with Crippen LogP contribution in [0, 0.1) is 0 Å². The average Bonchev–Trinajstić information content (AvgIpc) is 3.05. The number of fused-ring (bicyclic) bond motifs is 3. The Bertz CT molecular complexity index is 1410.